The van der Waals surface area contributed by atoms with Crippen LogP contribution in [0, 0.1) is 6.92 Å². The van der Waals surface area contributed by atoms with Gasteiger partial charge in [0.1, 0.15) is 11.5 Å². The number of amides is 1. The maximum atomic E-state index is 12.7. The van der Waals surface area contributed by atoms with E-state index in [9.17, 15) is 4.79 Å². The Labute approximate surface area is 149 Å². The Kier molecular flexibility index (Phi) is 3.96. The number of hydrogen-bond donors (Lipinski definition) is 1. The quantitative estimate of drug-likeness (QED) is 0.612. The van der Waals surface area contributed by atoms with Gasteiger partial charge in [0.05, 0.1) is 17.6 Å². The van der Waals surface area contributed by atoms with Gasteiger partial charge < -0.3 is 14.4 Å². The SMILES string of the molecule is Cc1nc2ccc(C(=O)N(C)Cc3cc(-c4ccncc4)no3)cc2[nH]1. The summed E-state index contributed by atoms with van der Waals surface area (Å²) in [7, 11) is 1.74. The smallest absolute Gasteiger partial charge is 0.254 e. The Hall–Kier alpha value is -3.48. The highest BCUT2D eigenvalue weighted by atomic mass is 16.5. The first-order valence-electron chi connectivity index (χ1n) is 8.18. The largest absolute Gasteiger partial charge is 0.359 e. The second-order valence-electron chi connectivity index (χ2n) is 6.13. The fraction of sp³-hybridized carbons (Fsp3) is 0.158. The molecule has 3 heterocycles. The Balaban J connectivity index is 1.51. The molecule has 0 fully saturated rings. The molecule has 0 unspecified atom stereocenters. The summed E-state index contributed by atoms with van der Waals surface area (Å²) in [6.45, 7) is 2.22. The third-order valence-electron chi connectivity index (χ3n) is 4.12. The zero-order valence-corrected chi connectivity index (χ0v) is 14.4. The minimum Gasteiger partial charge on any atom is -0.359 e. The summed E-state index contributed by atoms with van der Waals surface area (Å²) in [6.07, 6.45) is 3.40. The van der Waals surface area contributed by atoms with Crippen molar-refractivity contribution in [2.45, 2.75) is 13.5 Å². The molecule has 0 bridgehead atoms. The van der Waals surface area contributed by atoms with Gasteiger partial charge in [0.25, 0.3) is 5.91 Å². The molecule has 7 heteroatoms. The molecule has 4 rings (SSSR count). The van der Waals surface area contributed by atoms with E-state index in [1.165, 1.54) is 0 Å². The number of imidazole rings is 1. The molecule has 0 aliphatic heterocycles. The van der Waals surface area contributed by atoms with Gasteiger partial charge in [-0.1, -0.05) is 5.16 Å². The van der Waals surface area contributed by atoms with Crippen molar-refractivity contribution >= 4 is 16.9 Å². The van der Waals surface area contributed by atoms with Crippen LogP contribution in [-0.4, -0.2) is 38.0 Å². The average molecular weight is 347 g/mol. The summed E-state index contributed by atoms with van der Waals surface area (Å²) in [5, 5.41) is 4.06. The topological polar surface area (TPSA) is 87.9 Å². The minimum absolute atomic E-state index is 0.0963. The van der Waals surface area contributed by atoms with Crippen LogP contribution in [0.2, 0.25) is 0 Å². The van der Waals surface area contributed by atoms with Gasteiger partial charge in [-0.2, -0.15) is 0 Å². The summed E-state index contributed by atoms with van der Waals surface area (Å²) >= 11 is 0. The maximum absolute atomic E-state index is 12.7. The zero-order valence-electron chi connectivity index (χ0n) is 14.4. The lowest BCUT2D eigenvalue weighted by atomic mass is 10.1. The molecule has 0 saturated carbocycles. The Morgan fingerprint density at radius 2 is 2.00 bits per heavy atom. The van der Waals surface area contributed by atoms with Gasteiger partial charge in [-0.15, -0.1) is 0 Å². The molecule has 1 aromatic carbocycles. The van der Waals surface area contributed by atoms with E-state index >= 15 is 0 Å². The van der Waals surface area contributed by atoms with Crippen molar-refractivity contribution in [1.82, 2.24) is 25.0 Å². The van der Waals surface area contributed by atoms with Gasteiger partial charge in [0.15, 0.2) is 5.76 Å². The second-order valence-corrected chi connectivity index (χ2v) is 6.13. The van der Waals surface area contributed by atoms with E-state index in [0.717, 1.165) is 28.1 Å². The van der Waals surface area contributed by atoms with E-state index in [1.54, 1.807) is 30.4 Å². The number of aromatic amines is 1. The number of nitrogens with zero attached hydrogens (tertiary/aromatic N) is 4. The first-order valence-corrected chi connectivity index (χ1v) is 8.18. The normalized spacial score (nSPS) is 11.0. The predicted molar refractivity (Wildman–Crippen MR) is 96.4 cm³/mol. The number of carbonyl (C=O) groups excluding carboxylic acids is 1. The van der Waals surface area contributed by atoms with Gasteiger partial charge >= 0.3 is 0 Å². The number of aryl methyl sites for hydroxylation is 1. The van der Waals surface area contributed by atoms with Gasteiger partial charge in [0.2, 0.25) is 0 Å². The number of hydrogen-bond acceptors (Lipinski definition) is 5. The lowest BCUT2D eigenvalue weighted by Gasteiger charge is -2.15. The lowest BCUT2D eigenvalue weighted by molar-refractivity contribution is 0.0772. The molecular weight excluding hydrogens is 330 g/mol. The highest BCUT2D eigenvalue weighted by molar-refractivity contribution is 5.97. The summed E-state index contributed by atoms with van der Waals surface area (Å²) in [5.74, 6) is 1.34. The fourth-order valence-corrected chi connectivity index (χ4v) is 2.84. The summed E-state index contributed by atoms with van der Waals surface area (Å²) < 4.78 is 5.37. The van der Waals surface area contributed by atoms with Crippen LogP contribution in [0.5, 0.6) is 0 Å². The van der Waals surface area contributed by atoms with Crippen LogP contribution < -0.4 is 0 Å². The molecule has 7 nitrogen and oxygen atoms in total. The molecule has 130 valence electrons. The number of aromatic nitrogens is 4. The van der Waals surface area contributed by atoms with E-state index in [-0.39, 0.29) is 5.91 Å². The summed E-state index contributed by atoms with van der Waals surface area (Å²) in [4.78, 5) is 25.8. The summed E-state index contributed by atoms with van der Waals surface area (Å²) in [5.41, 5.74) is 3.93. The van der Waals surface area contributed by atoms with E-state index in [2.05, 4.69) is 20.1 Å². The number of rotatable bonds is 4. The third kappa shape index (κ3) is 3.06. The van der Waals surface area contributed by atoms with Crippen LogP contribution in [0.25, 0.3) is 22.3 Å². The van der Waals surface area contributed by atoms with E-state index < -0.39 is 0 Å². The van der Waals surface area contributed by atoms with Crippen LogP contribution in [0.4, 0.5) is 0 Å². The van der Waals surface area contributed by atoms with Crippen LogP contribution in [0.15, 0.2) is 53.3 Å². The zero-order chi connectivity index (χ0) is 18.1. The highest BCUT2D eigenvalue weighted by Gasteiger charge is 2.16. The highest BCUT2D eigenvalue weighted by Crippen LogP contribution is 2.20. The number of fused-ring (bicyclic) bond motifs is 1. The van der Waals surface area contributed by atoms with Crippen LogP contribution in [-0.2, 0) is 6.54 Å². The minimum atomic E-state index is -0.0963. The van der Waals surface area contributed by atoms with Crippen molar-refractivity contribution in [3.8, 4) is 11.3 Å². The number of nitrogens with one attached hydrogen (secondary N) is 1. The monoisotopic (exact) mass is 347 g/mol. The predicted octanol–water partition coefficient (Wildman–Crippen LogP) is 3.19. The van der Waals surface area contributed by atoms with Gasteiger partial charge in [-0.3, -0.25) is 9.78 Å². The lowest BCUT2D eigenvalue weighted by Crippen LogP contribution is -2.25. The fourth-order valence-electron chi connectivity index (χ4n) is 2.84. The van der Waals surface area contributed by atoms with E-state index in [1.807, 2.05) is 37.3 Å². The molecule has 26 heavy (non-hydrogen) atoms. The molecule has 0 atom stereocenters. The van der Waals surface area contributed by atoms with Gasteiger partial charge in [-0.25, -0.2) is 4.98 Å². The van der Waals surface area contributed by atoms with Crippen LogP contribution in [0.1, 0.15) is 21.9 Å². The molecule has 0 radical (unpaired) electrons. The first kappa shape index (κ1) is 16.0. The van der Waals surface area contributed by atoms with Gasteiger partial charge in [0, 0.05) is 36.6 Å². The third-order valence-corrected chi connectivity index (χ3v) is 4.12. The standard InChI is InChI=1S/C19H17N5O2/c1-12-21-16-4-3-14(9-18(16)22-12)19(25)24(2)11-15-10-17(23-26-15)13-5-7-20-8-6-13/h3-10H,11H2,1-2H3,(H,21,22). The number of H-pyrrole nitrogens is 1. The Morgan fingerprint density at radius 1 is 1.19 bits per heavy atom. The molecule has 1 N–H and O–H groups in total. The van der Waals surface area contributed by atoms with Crippen molar-refractivity contribution in [2.24, 2.45) is 0 Å². The van der Waals surface area contributed by atoms with Crippen molar-refractivity contribution < 1.29 is 9.32 Å². The number of benzene rings is 1. The molecule has 0 aliphatic rings. The first-order chi connectivity index (χ1) is 12.6. The number of pyridine rings is 1. The Morgan fingerprint density at radius 3 is 2.81 bits per heavy atom. The van der Waals surface area contributed by atoms with Crippen molar-refractivity contribution in [3.63, 3.8) is 0 Å². The molecule has 0 aliphatic carbocycles. The molecule has 3 aromatic heterocycles. The molecule has 0 saturated heterocycles. The second kappa shape index (κ2) is 6.44. The van der Waals surface area contributed by atoms with Crippen molar-refractivity contribution in [2.75, 3.05) is 7.05 Å². The summed E-state index contributed by atoms with van der Waals surface area (Å²) in [6, 6.07) is 11.0. The van der Waals surface area contributed by atoms with Gasteiger partial charge in [-0.05, 0) is 37.3 Å². The Bertz CT molecular complexity index is 1070. The molecule has 1 amide bonds. The molecule has 4 aromatic rings. The van der Waals surface area contributed by atoms with Crippen LogP contribution >= 0.6 is 0 Å². The average Bonchev–Trinajstić information content (AvgIpc) is 3.26. The van der Waals surface area contributed by atoms with E-state index in [0.29, 0.717) is 17.9 Å². The number of carbonyl (C=O) groups is 1. The van der Waals surface area contributed by atoms with Crippen molar-refractivity contribution in [1.29, 1.82) is 0 Å². The molecular formula is C19H17N5O2. The van der Waals surface area contributed by atoms with Crippen molar-refractivity contribution in [3.05, 3.63) is 65.9 Å². The van der Waals surface area contributed by atoms with Crippen LogP contribution in [0.3, 0.4) is 0 Å². The molecule has 0 spiro atoms. The van der Waals surface area contributed by atoms with E-state index in [4.69, 9.17) is 4.52 Å². The maximum Gasteiger partial charge on any atom is 0.254 e.